The highest BCUT2D eigenvalue weighted by molar-refractivity contribution is 9.10. The van der Waals surface area contributed by atoms with E-state index in [1.165, 1.54) is 6.08 Å². The summed E-state index contributed by atoms with van der Waals surface area (Å²) in [4.78, 5) is 12.1. The highest BCUT2D eigenvalue weighted by Crippen LogP contribution is 2.60. The van der Waals surface area contributed by atoms with Gasteiger partial charge in [-0.3, -0.25) is 4.79 Å². The number of allylic oxidation sites excluding steroid dienone is 1. The zero-order valence-electron chi connectivity index (χ0n) is 12.1. The van der Waals surface area contributed by atoms with Crippen molar-refractivity contribution >= 4 is 45.1 Å². The van der Waals surface area contributed by atoms with E-state index in [4.69, 9.17) is 27.9 Å². The topological polar surface area (TPSA) is 26.3 Å². The maximum Gasteiger partial charge on any atom is 0.310 e. The third-order valence-corrected chi connectivity index (χ3v) is 5.14. The van der Waals surface area contributed by atoms with Crippen molar-refractivity contribution in [2.75, 3.05) is 0 Å². The molecule has 2 atom stereocenters. The third-order valence-electron chi connectivity index (χ3n) is 4.03. The molecule has 1 aromatic rings. The summed E-state index contributed by atoms with van der Waals surface area (Å²) in [5.74, 6) is -4.91. The number of hydrogen-bond donors (Lipinski definition) is 0. The third kappa shape index (κ3) is 3.69. The normalized spacial score (nSPS) is 21.7. The van der Waals surface area contributed by atoms with Gasteiger partial charge >= 0.3 is 5.97 Å². The van der Waals surface area contributed by atoms with Crippen molar-refractivity contribution in [3.8, 4) is 0 Å². The van der Waals surface area contributed by atoms with Crippen LogP contribution in [0.15, 0.2) is 21.1 Å². The van der Waals surface area contributed by atoms with Crippen LogP contribution >= 0.6 is 39.1 Å². The predicted octanol–water partition coefficient (Wildman–Crippen LogP) is 5.50. The molecule has 1 saturated carbocycles. The number of carbonyl (C=O) groups is 1. The molecule has 2 rings (SSSR count). The highest BCUT2D eigenvalue weighted by atomic mass is 79.9. The Labute approximate surface area is 149 Å². The Morgan fingerprint density at radius 1 is 1.35 bits per heavy atom. The first-order valence-corrected chi connectivity index (χ1v) is 8.13. The molecule has 1 aliphatic carbocycles. The van der Waals surface area contributed by atoms with Crippen molar-refractivity contribution < 1.29 is 22.7 Å². The van der Waals surface area contributed by atoms with E-state index in [0.29, 0.717) is 6.07 Å². The fourth-order valence-corrected chi connectivity index (χ4v) is 3.23. The minimum absolute atomic E-state index is 0.0411. The molecule has 0 heterocycles. The SMILES string of the molecule is CC1(C)[C@H](C=C(Cl)Cl)[C@H]1C(=O)OCc1c(F)c(F)cc(F)c1Br. The molecular weight excluding hydrogens is 420 g/mol. The van der Waals surface area contributed by atoms with Gasteiger partial charge in [0.05, 0.1) is 10.4 Å². The fraction of sp³-hybridized carbons (Fsp3) is 0.400. The second-order valence-corrected chi connectivity index (χ2v) is 7.64. The van der Waals surface area contributed by atoms with Gasteiger partial charge in [-0.05, 0) is 33.3 Å². The molecule has 2 nitrogen and oxygen atoms in total. The van der Waals surface area contributed by atoms with Crippen LogP contribution in [0.4, 0.5) is 13.2 Å². The van der Waals surface area contributed by atoms with E-state index >= 15 is 0 Å². The first-order valence-electron chi connectivity index (χ1n) is 6.58. The van der Waals surface area contributed by atoms with Crippen molar-refractivity contribution in [3.05, 3.63) is 44.1 Å². The van der Waals surface area contributed by atoms with Crippen molar-refractivity contribution in [2.45, 2.75) is 20.5 Å². The lowest BCUT2D eigenvalue weighted by atomic mass is 10.1. The predicted molar refractivity (Wildman–Crippen MR) is 84.4 cm³/mol. The largest absolute Gasteiger partial charge is 0.460 e. The minimum atomic E-state index is -1.35. The molecule has 0 aromatic heterocycles. The molecular formula is C15H12BrCl2F3O2. The Morgan fingerprint density at radius 3 is 2.52 bits per heavy atom. The average Bonchev–Trinajstić information content (AvgIpc) is 2.96. The second kappa shape index (κ2) is 6.65. The molecule has 126 valence electrons. The number of hydrogen-bond acceptors (Lipinski definition) is 2. The van der Waals surface area contributed by atoms with E-state index in [9.17, 15) is 18.0 Å². The molecule has 0 spiro atoms. The van der Waals surface area contributed by atoms with E-state index in [1.807, 2.05) is 13.8 Å². The molecule has 0 aliphatic heterocycles. The van der Waals surface area contributed by atoms with Gasteiger partial charge in [0.2, 0.25) is 0 Å². The molecule has 1 fully saturated rings. The minimum Gasteiger partial charge on any atom is -0.460 e. The van der Waals surface area contributed by atoms with E-state index < -0.39 is 46.9 Å². The Bertz CT molecular complexity index is 662. The zero-order valence-corrected chi connectivity index (χ0v) is 15.2. The number of benzene rings is 1. The summed E-state index contributed by atoms with van der Waals surface area (Å²) in [7, 11) is 0. The number of carbonyl (C=O) groups excluding carboxylic acids is 1. The zero-order chi connectivity index (χ0) is 17.5. The monoisotopic (exact) mass is 430 g/mol. The van der Waals surface area contributed by atoms with Crippen molar-refractivity contribution in [2.24, 2.45) is 17.3 Å². The quantitative estimate of drug-likeness (QED) is 0.464. The van der Waals surface area contributed by atoms with Gasteiger partial charge in [0.25, 0.3) is 0 Å². The number of halogens is 6. The van der Waals surface area contributed by atoms with Crippen LogP contribution in [0.25, 0.3) is 0 Å². The Kier molecular flexibility index (Phi) is 5.38. The van der Waals surface area contributed by atoms with Crippen LogP contribution in [-0.2, 0) is 16.1 Å². The molecule has 0 amide bonds. The lowest BCUT2D eigenvalue weighted by Crippen LogP contribution is -2.12. The van der Waals surface area contributed by atoms with Crippen LogP contribution in [0.2, 0.25) is 0 Å². The molecule has 0 radical (unpaired) electrons. The molecule has 8 heteroatoms. The first-order chi connectivity index (χ1) is 10.6. The van der Waals surface area contributed by atoms with Gasteiger partial charge in [0.1, 0.15) is 16.9 Å². The fourth-order valence-electron chi connectivity index (χ4n) is 2.56. The Hall–Kier alpha value is -0.720. The van der Waals surface area contributed by atoms with Crippen molar-refractivity contribution in [1.29, 1.82) is 0 Å². The van der Waals surface area contributed by atoms with E-state index in [2.05, 4.69) is 15.9 Å². The average molecular weight is 432 g/mol. The van der Waals surface area contributed by atoms with Crippen LogP contribution in [0.1, 0.15) is 19.4 Å². The van der Waals surface area contributed by atoms with Gasteiger partial charge in [-0.15, -0.1) is 0 Å². The van der Waals surface area contributed by atoms with Gasteiger partial charge in [-0.2, -0.15) is 0 Å². The van der Waals surface area contributed by atoms with Crippen molar-refractivity contribution in [3.63, 3.8) is 0 Å². The first kappa shape index (κ1) is 18.6. The smallest absolute Gasteiger partial charge is 0.310 e. The molecule has 0 saturated heterocycles. The summed E-state index contributed by atoms with van der Waals surface area (Å²) in [6.07, 6.45) is 1.54. The highest BCUT2D eigenvalue weighted by Gasteiger charge is 2.61. The van der Waals surface area contributed by atoms with Gasteiger partial charge in [-0.25, -0.2) is 13.2 Å². The Balaban J connectivity index is 2.11. The number of rotatable bonds is 4. The summed E-state index contributed by atoms with van der Waals surface area (Å²) in [6, 6.07) is 0.415. The molecule has 0 N–H and O–H groups in total. The molecule has 0 unspecified atom stereocenters. The Morgan fingerprint density at radius 2 is 1.96 bits per heavy atom. The maximum absolute atomic E-state index is 13.7. The van der Waals surface area contributed by atoms with Gasteiger partial charge in [0, 0.05) is 11.6 Å². The summed E-state index contributed by atoms with van der Waals surface area (Å²) in [5, 5.41) is 0. The standard InChI is InChI=1S/C15H12BrCl2F3O2/c1-15(2)7(3-10(17)18)11(15)14(22)23-5-6-12(16)8(19)4-9(20)13(6)21/h3-4,7,11H,5H2,1-2H3/t7-,11+/m1/s1. The summed E-state index contributed by atoms with van der Waals surface area (Å²) in [6.45, 7) is 3.07. The second-order valence-electron chi connectivity index (χ2n) is 5.84. The van der Waals surface area contributed by atoms with Gasteiger partial charge < -0.3 is 4.74 Å². The van der Waals surface area contributed by atoms with Crippen molar-refractivity contribution in [1.82, 2.24) is 0 Å². The molecule has 1 aliphatic rings. The van der Waals surface area contributed by atoms with Crippen LogP contribution in [-0.4, -0.2) is 5.97 Å². The molecule has 23 heavy (non-hydrogen) atoms. The van der Waals surface area contributed by atoms with Crippen LogP contribution in [0.5, 0.6) is 0 Å². The lowest BCUT2D eigenvalue weighted by Gasteiger charge is -2.10. The number of esters is 1. The maximum atomic E-state index is 13.7. The summed E-state index contributed by atoms with van der Waals surface area (Å²) >= 11 is 14.0. The molecule has 0 bridgehead atoms. The summed E-state index contributed by atoms with van der Waals surface area (Å²) < 4.78 is 45.1. The van der Waals surface area contributed by atoms with Crippen LogP contribution in [0.3, 0.4) is 0 Å². The lowest BCUT2D eigenvalue weighted by molar-refractivity contribution is -0.147. The van der Waals surface area contributed by atoms with Gasteiger partial charge in [-0.1, -0.05) is 37.0 Å². The summed E-state index contributed by atoms with van der Waals surface area (Å²) in [5.41, 5.74) is -0.800. The van der Waals surface area contributed by atoms with Crippen LogP contribution in [0, 0.1) is 34.7 Å². The van der Waals surface area contributed by atoms with Gasteiger partial charge in [0.15, 0.2) is 11.6 Å². The molecule has 1 aromatic carbocycles. The van der Waals surface area contributed by atoms with E-state index in [1.54, 1.807) is 0 Å². The number of ether oxygens (including phenoxy) is 1. The van der Waals surface area contributed by atoms with E-state index in [0.717, 1.165) is 0 Å². The van der Waals surface area contributed by atoms with E-state index in [-0.39, 0.29) is 14.9 Å². The van der Waals surface area contributed by atoms with Crippen LogP contribution < -0.4 is 0 Å².